The number of sulfonamides is 1. The molecular formula is C27H35NO6S. The Kier molecular flexibility index (Phi) is 8.02. The number of nitrogens with zero attached hydrogens (tertiary/aromatic N) is 1. The molecule has 2 aliphatic rings. The van der Waals surface area contributed by atoms with E-state index in [4.69, 9.17) is 14.2 Å². The van der Waals surface area contributed by atoms with Crippen molar-refractivity contribution in [2.75, 3.05) is 31.2 Å². The second-order valence-corrected chi connectivity index (χ2v) is 11.0. The predicted molar refractivity (Wildman–Crippen MR) is 135 cm³/mol. The Labute approximate surface area is 208 Å². The van der Waals surface area contributed by atoms with E-state index in [0.717, 1.165) is 43.4 Å². The Balaban J connectivity index is 1.69. The van der Waals surface area contributed by atoms with Crippen molar-refractivity contribution in [1.29, 1.82) is 0 Å². The summed E-state index contributed by atoms with van der Waals surface area (Å²) >= 11 is 0. The van der Waals surface area contributed by atoms with Gasteiger partial charge in [-0.3, -0.25) is 4.31 Å². The number of hydrogen-bond donors (Lipinski definition) is 0. The van der Waals surface area contributed by atoms with Crippen molar-refractivity contribution in [3.63, 3.8) is 0 Å². The molecule has 7 nitrogen and oxygen atoms in total. The average molecular weight is 502 g/mol. The lowest BCUT2D eigenvalue weighted by atomic mass is 9.94. The third-order valence-corrected chi connectivity index (χ3v) is 8.93. The Bertz CT molecular complexity index is 1160. The maximum Gasteiger partial charge on any atom is 0.341 e. The van der Waals surface area contributed by atoms with E-state index in [-0.39, 0.29) is 16.5 Å². The molecule has 2 aliphatic heterocycles. The van der Waals surface area contributed by atoms with Gasteiger partial charge in [0.1, 0.15) is 11.3 Å². The van der Waals surface area contributed by atoms with Crippen LogP contribution in [0.2, 0.25) is 0 Å². The molecule has 0 radical (unpaired) electrons. The summed E-state index contributed by atoms with van der Waals surface area (Å²) in [5.74, 6) is 0.0458. The molecule has 0 N–H and O–H groups in total. The Hall–Kier alpha value is -2.58. The van der Waals surface area contributed by atoms with Gasteiger partial charge in [-0.1, -0.05) is 26.0 Å². The maximum atomic E-state index is 14.0. The lowest BCUT2D eigenvalue weighted by molar-refractivity contribution is 0.0483. The van der Waals surface area contributed by atoms with E-state index in [1.54, 1.807) is 10.4 Å². The number of rotatable bonds is 8. The molecule has 1 atom stereocenters. The second-order valence-electron chi connectivity index (χ2n) is 9.23. The van der Waals surface area contributed by atoms with E-state index < -0.39 is 16.0 Å². The molecule has 190 valence electrons. The van der Waals surface area contributed by atoms with Crippen LogP contribution in [-0.2, 0) is 32.3 Å². The topological polar surface area (TPSA) is 82.1 Å². The number of benzene rings is 2. The average Bonchev–Trinajstić information content (AvgIpc) is 2.90. The normalized spacial score (nSPS) is 18.7. The van der Waals surface area contributed by atoms with Crippen LogP contribution in [0.15, 0.2) is 41.3 Å². The Morgan fingerprint density at radius 2 is 1.86 bits per heavy atom. The molecule has 35 heavy (non-hydrogen) atoms. The van der Waals surface area contributed by atoms with E-state index in [2.05, 4.69) is 13.0 Å². The largest absolute Gasteiger partial charge is 0.492 e. The first-order chi connectivity index (χ1) is 16.9. The summed E-state index contributed by atoms with van der Waals surface area (Å²) in [7, 11) is -2.64. The first-order valence-electron chi connectivity index (χ1n) is 12.5. The van der Waals surface area contributed by atoms with Gasteiger partial charge in [-0.2, -0.15) is 0 Å². The van der Waals surface area contributed by atoms with Gasteiger partial charge in [0.15, 0.2) is 0 Å². The molecule has 2 heterocycles. The van der Waals surface area contributed by atoms with E-state index in [0.29, 0.717) is 37.9 Å². The summed E-state index contributed by atoms with van der Waals surface area (Å²) in [5.41, 5.74) is 3.07. The molecule has 2 aromatic carbocycles. The van der Waals surface area contributed by atoms with Gasteiger partial charge in [-0.25, -0.2) is 13.2 Å². The lowest BCUT2D eigenvalue weighted by Crippen LogP contribution is -2.43. The molecule has 0 aliphatic carbocycles. The number of aryl methyl sites for hydroxylation is 2. The van der Waals surface area contributed by atoms with Crippen LogP contribution < -0.4 is 9.04 Å². The first-order valence-corrected chi connectivity index (χ1v) is 13.9. The smallest absolute Gasteiger partial charge is 0.341 e. The van der Waals surface area contributed by atoms with Crippen LogP contribution in [0, 0.1) is 5.92 Å². The molecule has 0 amide bonds. The molecule has 0 aromatic heterocycles. The van der Waals surface area contributed by atoms with Gasteiger partial charge >= 0.3 is 5.97 Å². The third-order valence-electron chi connectivity index (χ3n) is 7.07. The van der Waals surface area contributed by atoms with E-state index in [1.165, 1.54) is 24.8 Å². The molecule has 8 heteroatoms. The summed E-state index contributed by atoms with van der Waals surface area (Å²) in [5, 5.41) is 0. The van der Waals surface area contributed by atoms with Gasteiger partial charge in [0.25, 0.3) is 10.0 Å². The maximum absolute atomic E-state index is 14.0. The number of anilines is 1. The highest BCUT2D eigenvalue weighted by Gasteiger charge is 2.36. The minimum atomic E-state index is -3.92. The molecule has 1 fully saturated rings. The molecule has 0 bridgehead atoms. The summed E-state index contributed by atoms with van der Waals surface area (Å²) in [6, 6.07) is 10.4. The number of esters is 1. The molecule has 2 aromatic rings. The number of carbonyl (C=O) groups excluding carboxylic acids is 1. The van der Waals surface area contributed by atoms with Crippen LogP contribution in [0.4, 0.5) is 5.69 Å². The van der Waals surface area contributed by atoms with Crippen LogP contribution in [0.1, 0.15) is 61.0 Å². The van der Waals surface area contributed by atoms with Crippen LogP contribution in [0.25, 0.3) is 0 Å². The summed E-state index contributed by atoms with van der Waals surface area (Å²) < 4.78 is 45.8. The van der Waals surface area contributed by atoms with Gasteiger partial charge < -0.3 is 14.2 Å². The fourth-order valence-corrected chi connectivity index (χ4v) is 6.72. The summed E-state index contributed by atoms with van der Waals surface area (Å²) in [6.45, 7) is 5.94. The number of fused-ring (bicyclic) bond motifs is 1. The fourth-order valence-electron chi connectivity index (χ4n) is 4.90. The Morgan fingerprint density at radius 1 is 1.09 bits per heavy atom. The zero-order valence-electron chi connectivity index (χ0n) is 20.8. The highest BCUT2D eigenvalue weighted by Crippen LogP contribution is 2.38. The highest BCUT2D eigenvalue weighted by atomic mass is 32.2. The zero-order valence-corrected chi connectivity index (χ0v) is 21.6. The molecule has 1 saturated heterocycles. The van der Waals surface area contributed by atoms with Gasteiger partial charge in [0, 0.05) is 19.3 Å². The quantitative estimate of drug-likeness (QED) is 0.485. The fraction of sp³-hybridized carbons (Fsp3) is 0.519. The van der Waals surface area contributed by atoms with Crippen molar-refractivity contribution in [3.05, 3.63) is 53.1 Å². The van der Waals surface area contributed by atoms with Gasteiger partial charge in [0.2, 0.25) is 0 Å². The SMILES string of the molecule is CCc1ccc2c(c1)CCC(CC)N2S(=O)(=O)c1ccc(OCC2CCOCC2)c(C(=O)OC)c1. The van der Waals surface area contributed by atoms with Gasteiger partial charge in [-0.05, 0) is 79.8 Å². The monoisotopic (exact) mass is 501 g/mol. The lowest BCUT2D eigenvalue weighted by Gasteiger charge is -2.37. The molecule has 4 rings (SSSR count). The summed E-state index contributed by atoms with van der Waals surface area (Å²) in [6.07, 6.45) is 4.99. The minimum absolute atomic E-state index is 0.0576. The van der Waals surface area contributed by atoms with E-state index in [1.807, 2.05) is 19.1 Å². The van der Waals surface area contributed by atoms with Gasteiger partial charge in [-0.15, -0.1) is 0 Å². The van der Waals surface area contributed by atoms with Crippen molar-refractivity contribution >= 4 is 21.7 Å². The molecule has 0 spiro atoms. The van der Waals surface area contributed by atoms with E-state index in [9.17, 15) is 13.2 Å². The zero-order chi connectivity index (χ0) is 25.0. The molecule has 1 unspecified atom stereocenters. The minimum Gasteiger partial charge on any atom is -0.492 e. The molecular weight excluding hydrogens is 466 g/mol. The molecule has 0 saturated carbocycles. The van der Waals surface area contributed by atoms with Crippen molar-refractivity contribution in [2.24, 2.45) is 5.92 Å². The summed E-state index contributed by atoms with van der Waals surface area (Å²) in [4.78, 5) is 12.7. The van der Waals surface area contributed by atoms with Crippen LogP contribution in [0.3, 0.4) is 0 Å². The van der Waals surface area contributed by atoms with Crippen LogP contribution >= 0.6 is 0 Å². The predicted octanol–water partition coefficient (Wildman–Crippen LogP) is 4.76. The van der Waals surface area contributed by atoms with Crippen molar-refractivity contribution in [1.82, 2.24) is 0 Å². The number of hydrogen-bond acceptors (Lipinski definition) is 6. The van der Waals surface area contributed by atoms with Crippen molar-refractivity contribution in [3.8, 4) is 5.75 Å². The Morgan fingerprint density at radius 3 is 2.54 bits per heavy atom. The van der Waals surface area contributed by atoms with E-state index >= 15 is 0 Å². The first kappa shape index (κ1) is 25.5. The highest BCUT2D eigenvalue weighted by molar-refractivity contribution is 7.92. The van der Waals surface area contributed by atoms with Crippen LogP contribution in [-0.4, -0.2) is 47.4 Å². The standard InChI is InChI=1S/C27H35NO6S/c1-4-19-6-10-25-21(16-19)7-8-22(5-2)28(25)35(30,31)23-9-11-26(24(17-23)27(29)32-3)34-18-20-12-14-33-15-13-20/h6,9-11,16-17,20,22H,4-5,7-8,12-15,18H2,1-3H3. The number of ether oxygens (including phenoxy) is 3. The van der Waals surface area contributed by atoms with Gasteiger partial charge in [0.05, 0.1) is 24.3 Å². The number of carbonyl (C=O) groups is 1. The third kappa shape index (κ3) is 5.33. The van der Waals surface area contributed by atoms with Crippen LogP contribution in [0.5, 0.6) is 5.75 Å². The number of methoxy groups -OCH3 is 1. The second kappa shape index (κ2) is 11.0. The van der Waals surface area contributed by atoms with Crippen molar-refractivity contribution < 1.29 is 27.4 Å². The van der Waals surface area contributed by atoms with Crippen molar-refractivity contribution in [2.45, 2.75) is 63.3 Å².